The summed E-state index contributed by atoms with van der Waals surface area (Å²) in [5.41, 5.74) is -5.08. The molecule has 38 heavy (non-hydrogen) atoms. The summed E-state index contributed by atoms with van der Waals surface area (Å²) in [4.78, 5) is 25.4. The second kappa shape index (κ2) is 9.63. The Balaban J connectivity index is 1.68. The van der Waals surface area contributed by atoms with Crippen LogP contribution in [0.15, 0.2) is 11.6 Å². The van der Waals surface area contributed by atoms with Crippen LogP contribution in [0.4, 0.5) is 0 Å². The predicted octanol–water partition coefficient (Wildman–Crippen LogP) is 1.40. The molecule has 6 N–H and O–H groups in total. The lowest BCUT2D eigenvalue weighted by atomic mass is 9.45. The summed E-state index contributed by atoms with van der Waals surface area (Å²) in [5, 5.41) is 65.0. The second-order valence-corrected chi connectivity index (χ2v) is 13.6. The van der Waals surface area contributed by atoms with E-state index in [1.54, 1.807) is 13.0 Å². The molecule has 0 amide bonds. The Kier molecular flexibility index (Phi) is 7.51. The quantitative estimate of drug-likeness (QED) is 0.263. The molecule has 0 aromatic carbocycles. The van der Waals surface area contributed by atoms with Crippen molar-refractivity contribution >= 4 is 11.8 Å². The summed E-state index contributed by atoms with van der Waals surface area (Å²) in [5.74, 6) is -1.75. The van der Waals surface area contributed by atoms with E-state index in [-0.39, 0.29) is 37.4 Å². The number of carbonyl (C=O) groups is 2. The number of ketones is 1. The van der Waals surface area contributed by atoms with Crippen LogP contribution < -0.4 is 0 Å². The third-order valence-electron chi connectivity index (χ3n) is 11.1. The standard InChI is InChI=1S/C29H46O9/c1-16(31)38-24(8-9-25(2,35)15-30)28(5,36)23-7-11-29(37)18-12-20(32)19-13-21(33)22(34)14-26(19,3)17(18)6-10-27(23,29)4/h12,17,19,21-24,30,33-37H,6-11,13-15H2,1-5H3/t17-,19-,21+,22-,23-,24?,25?,26+,27+,28+,29+/m0/s1. The first kappa shape index (κ1) is 29.6. The third-order valence-corrected chi connectivity index (χ3v) is 11.1. The van der Waals surface area contributed by atoms with Crippen LogP contribution in [-0.2, 0) is 14.3 Å². The number of carbonyl (C=O) groups excluding carboxylic acids is 2. The van der Waals surface area contributed by atoms with Crippen molar-refractivity contribution in [2.75, 3.05) is 6.61 Å². The average Bonchev–Trinajstić information content (AvgIpc) is 3.10. The Bertz CT molecular complexity index is 989. The normalized spacial score (nSPS) is 44.6. The van der Waals surface area contributed by atoms with Crippen molar-refractivity contribution < 1.29 is 45.0 Å². The molecule has 4 rings (SSSR count). The van der Waals surface area contributed by atoms with Gasteiger partial charge >= 0.3 is 5.97 Å². The van der Waals surface area contributed by atoms with Crippen LogP contribution in [0.25, 0.3) is 0 Å². The van der Waals surface area contributed by atoms with E-state index >= 15 is 0 Å². The largest absolute Gasteiger partial charge is 0.459 e. The number of allylic oxidation sites excluding steroid dienone is 1. The van der Waals surface area contributed by atoms with Crippen molar-refractivity contribution in [3.8, 4) is 0 Å². The van der Waals surface area contributed by atoms with Gasteiger partial charge in [-0.05, 0) is 94.1 Å². The van der Waals surface area contributed by atoms with Gasteiger partial charge in [0.15, 0.2) is 5.78 Å². The number of aliphatic hydroxyl groups is 6. The lowest BCUT2D eigenvalue weighted by Gasteiger charge is -2.60. The van der Waals surface area contributed by atoms with Crippen molar-refractivity contribution in [3.63, 3.8) is 0 Å². The molecule has 11 atom stereocenters. The Labute approximate surface area is 224 Å². The van der Waals surface area contributed by atoms with Gasteiger partial charge in [-0.25, -0.2) is 0 Å². The molecule has 0 aliphatic heterocycles. The van der Waals surface area contributed by atoms with E-state index in [0.29, 0.717) is 31.3 Å². The lowest BCUT2D eigenvalue weighted by Crippen LogP contribution is -2.63. The minimum Gasteiger partial charge on any atom is -0.459 e. The Morgan fingerprint density at radius 3 is 2.39 bits per heavy atom. The van der Waals surface area contributed by atoms with Crippen LogP contribution in [0, 0.1) is 28.6 Å². The smallest absolute Gasteiger partial charge is 0.303 e. The highest BCUT2D eigenvalue weighted by atomic mass is 16.6. The van der Waals surface area contributed by atoms with E-state index in [2.05, 4.69) is 0 Å². The maximum atomic E-state index is 13.4. The molecule has 4 aliphatic rings. The molecule has 0 aromatic rings. The summed E-state index contributed by atoms with van der Waals surface area (Å²) < 4.78 is 5.57. The summed E-state index contributed by atoms with van der Waals surface area (Å²) in [6.45, 7) is 7.79. The zero-order valence-corrected chi connectivity index (χ0v) is 23.3. The molecule has 0 heterocycles. The average molecular weight is 539 g/mol. The fourth-order valence-corrected chi connectivity index (χ4v) is 8.72. The number of rotatable bonds is 7. The number of hydrogen-bond donors (Lipinski definition) is 6. The van der Waals surface area contributed by atoms with Gasteiger partial charge in [-0.3, -0.25) is 9.59 Å². The minimum absolute atomic E-state index is 0.0982. The van der Waals surface area contributed by atoms with Crippen LogP contribution in [0.3, 0.4) is 0 Å². The Morgan fingerprint density at radius 1 is 1.13 bits per heavy atom. The molecule has 4 aliphatic carbocycles. The van der Waals surface area contributed by atoms with Gasteiger partial charge in [-0.1, -0.05) is 13.8 Å². The summed E-state index contributed by atoms with van der Waals surface area (Å²) in [7, 11) is 0. The molecule has 0 bridgehead atoms. The predicted molar refractivity (Wildman–Crippen MR) is 138 cm³/mol. The van der Waals surface area contributed by atoms with Crippen molar-refractivity contribution in [1.82, 2.24) is 0 Å². The number of fused-ring (bicyclic) bond motifs is 5. The van der Waals surface area contributed by atoms with Gasteiger partial charge < -0.3 is 35.4 Å². The number of hydrogen-bond acceptors (Lipinski definition) is 9. The highest BCUT2D eigenvalue weighted by Crippen LogP contribution is 2.68. The van der Waals surface area contributed by atoms with E-state index in [9.17, 15) is 40.2 Å². The molecular formula is C29H46O9. The fraction of sp³-hybridized carbons (Fsp3) is 0.862. The van der Waals surface area contributed by atoms with Crippen LogP contribution in [-0.4, -0.2) is 84.1 Å². The third kappa shape index (κ3) is 4.47. The molecule has 0 aromatic heterocycles. The minimum atomic E-state index is -1.56. The summed E-state index contributed by atoms with van der Waals surface area (Å²) in [6.07, 6.45) is 1.39. The van der Waals surface area contributed by atoms with E-state index in [4.69, 9.17) is 4.74 Å². The highest BCUT2D eigenvalue weighted by Gasteiger charge is 2.69. The molecule has 0 saturated heterocycles. The van der Waals surface area contributed by atoms with Gasteiger partial charge in [-0.2, -0.15) is 0 Å². The molecule has 3 saturated carbocycles. The van der Waals surface area contributed by atoms with Gasteiger partial charge in [0.25, 0.3) is 0 Å². The van der Waals surface area contributed by atoms with Crippen LogP contribution in [0.1, 0.15) is 86.0 Å². The van der Waals surface area contributed by atoms with Crippen molar-refractivity contribution in [2.45, 2.75) is 121 Å². The van der Waals surface area contributed by atoms with Crippen molar-refractivity contribution in [1.29, 1.82) is 0 Å². The zero-order chi connectivity index (χ0) is 28.5. The van der Waals surface area contributed by atoms with E-state index < -0.39 is 70.4 Å². The van der Waals surface area contributed by atoms with Crippen molar-refractivity contribution in [2.24, 2.45) is 28.6 Å². The topological polar surface area (TPSA) is 165 Å². The highest BCUT2D eigenvalue weighted by molar-refractivity contribution is 5.95. The lowest BCUT2D eigenvalue weighted by molar-refractivity contribution is -0.193. The van der Waals surface area contributed by atoms with Gasteiger partial charge in [0, 0.05) is 18.3 Å². The molecular weight excluding hydrogens is 492 g/mol. The van der Waals surface area contributed by atoms with Gasteiger partial charge in [0.1, 0.15) is 11.7 Å². The van der Waals surface area contributed by atoms with Crippen molar-refractivity contribution in [3.05, 3.63) is 11.6 Å². The molecule has 2 unspecified atom stereocenters. The van der Waals surface area contributed by atoms with E-state index in [0.717, 1.165) is 0 Å². The summed E-state index contributed by atoms with van der Waals surface area (Å²) >= 11 is 0. The Hall–Kier alpha value is -1.36. The van der Waals surface area contributed by atoms with Gasteiger partial charge in [0.2, 0.25) is 0 Å². The van der Waals surface area contributed by atoms with Crippen LogP contribution >= 0.6 is 0 Å². The first-order chi connectivity index (χ1) is 17.4. The number of ether oxygens (including phenoxy) is 1. The molecule has 9 nitrogen and oxygen atoms in total. The van der Waals surface area contributed by atoms with E-state index in [1.165, 1.54) is 13.8 Å². The monoisotopic (exact) mass is 538 g/mol. The van der Waals surface area contributed by atoms with E-state index in [1.807, 2.05) is 13.8 Å². The van der Waals surface area contributed by atoms with Crippen LogP contribution in [0.5, 0.6) is 0 Å². The summed E-state index contributed by atoms with van der Waals surface area (Å²) in [6, 6.07) is 0. The van der Waals surface area contributed by atoms with Crippen LogP contribution in [0.2, 0.25) is 0 Å². The molecule has 0 spiro atoms. The molecule has 216 valence electrons. The fourth-order valence-electron chi connectivity index (χ4n) is 8.72. The zero-order valence-electron chi connectivity index (χ0n) is 23.3. The number of esters is 1. The first-order valence-corrected chi connectivity index (χ1v) is 14.0. The number of aliphatic hydroxyl groups excluding tert-OH is 3. The van der Waals surface area contributed by atoms with Gasteiger partial charge in [-0.15, -0.1) is 0 Å². The second-order valence-electron chi connectivity index (χ2n) is 13.6. The Morgan fingerprint density at radius 2 is 1.79 bits per heavy atom. The van der Waals surface area contributed by atoms with Gasteiger partial charge in [0.05, 0.1) is 30.0 Å². The molecule has 3 fully saturated rings. The SMILES string of the molecule is CC(=O)OC(CCC(C)(O)CO)[C@](C)(O)[C@H]1CC[C@@]2(O)C3=CC(=O)[C@@H]4C[C@@H](O)[C@@H](O)C[C@]4(C)[C@H]3CC[C@]12C. The first-order valence-electron chi connectivity index (χ1n) is 14.0. The molecule has 9 heteroatoms. The maximum Gasteiger partial charge on any atom is 0.303 e. The maximum absolute atomic E-state index is 13.4. The molecule has 0 radical (unpaired) electrons.